The van der Waals surface area contributed by atoms with Crippen LogP contribution in [0.2, 0.25) is 0 Å². The Balaban J connectivity index is 0.00000676. The van der Waals surface area contributed by atoms with Crippen LogP contribution in [0.5, 0.6) is 0 Å². The number of nitrogens with one attached hydrogen (secondary N) is 6. The first-order chi connectivity index (χ1) is 23.3. The lowest BCUT2D eigenvalue weighted by atomic mass is 10.3. The van der Waals surface area contributed by atoms with E-state index in [9.17, 15) is 24.0 Å². The number of amides is 5. The number of nitrogens with two attached hydrogens (primary N) is 1. The second-order valence-electron chi connectivity index (χ2n) is 10.9. The molecule has 4 aromatic rings. The molecular weight excluding hydrogens is 736 g/mol. The van der Waals surface area contributed by atoms with E-state index in [4.69, 9.17) is 5.84 Å². The number of rotatable bonds is 14. The van der Waals surface area contributed by atoms with Gasteiger partial charge < -0.3 is 56.0 Å². The summed E-state index contributed by atoms with van der Waals surface area (Å²) in [5, 5.41) is 20.2. The number of hydrazone groups is 1. The van der Waals surface area contributed by atoms with Gasteiger partial charge >= 0.3 is 0 Å². The summed E-state index contributed by atoms with van der Waals surface area (Å²) in [6.45, 7) is 4.91. The molecule has 4 aromatic heterocycles. The van der Waals surface area contributed by atoms with Gasteiger partial charge in [0.2, 0.25) is 0 Å². The topological polar surface area (TPSA) is 216 Å². The number of halogens is 2. The van der Waals surface area contributed by atoms with Crippen molar-refractivity contribution in [2.24, 2.45) is 39.1 Å². The fraction of sp³-hybridized carbons (Fsp3) is 0.226. The van der Waals surface area contributed by atoms with Crippen molar-refractivity contribution >= 4 is 86.8 Å². The molecule has 4 heterocycles. The Bertz CT molecular complexity index is 1950. The highest BCUT2D eigenvalue weighted by atomic mass is 79.9. The number of anilines is 4. The average molecular weight is 774 g/mol. The number of carbonyl (C=O) groups is 5. The first-order valence-corrected chi connectivity index (χ1v) is 15.5. The van der Waals surface area contributed by atoms with Gasteiger partial charge in [0, 0.05) is 78.8 Å². The molecule has 0 spiro atoms. The van der Waals surface area contributed by atoms with Gasteiger partial charge in [0.15, 0.2) is 0 Å². The molecule has 8 N–H and O–H groups in total. The van der Waals surface area contributed by atoms with Crippen molar-refractivity contribution in [3.63, 3.8) is 0 Å². The van der Waals surface area contributed by atoms with Crippen LogP contribution in [0, 0.1) is 0 Å². The van der Waals surface area contributed by atoms with Crippen molar-refractivity contribution in [2.45, 2.75) is 0 Å². The first kappa shape index (κ1) is 38.9. The van der Waals surface area contributed by atoms with Crippen LogP contribution >= 0.6 is 28.3 Å². The van der Waals surface area contributed by atoms with E-state index in [1.807, 2.05) is 0 Å². The van der Waals surface area contributed by atoms with E-state index in [0.717, 1.165) is 0 Å². The standard InChI is InChI=1S/C31H37BrN12O5.ClH/c1-18(32)27(45)37-19-11-24(42(3)14-19)29(47)39-21-13-26(44(5)16-21)31(49)40-22-12-25(43(4)17-22)30(48)38-20-10-23(41(2)15-20)28(46)35-8-6-34-7-9-36-33;/h9-17,34H,1,6-8,33H2,2-5H3,(H,35,46)(H,37,45)(H,38,48)(H,39,47)(H,40,49);1H. The third-order valence-corrected chi connectivity index (χ3v) is 7.52. The van der Waals surface area contributed by atoms with Crippen LogP contribution in [0.1, 0.15) is 42.0 Å². The minimum atomic E-state index is -0.471. The van der Waals surface area contributed by atoms with Gasteiger partial charge in [0.05, 0.1) is 27.2 Å². The highest BCUT2D eigenvalue weighted by Crippen LogP contribution is 2.21. The second-order valence-corrected chi connectivity index (χ2v) is 11.9. The van der Waals surface area contributed by atoms with E-state index in [1.165, 1.54) is 24.4 Å². The van der Waals surface area contributed by atoms with Gasteiger partial charge in [-0.3, -0.25) is 24.0 Å². The van der Waals surface area contributed by atoms with Gasteiger partial charge in [-0.15, -0.1) is 12.4 Å². The third-order valence-electron chi connectivity index (χ3n) is 7.16. The Kier molecular flexibility index (Phi) is 13.4. The summed E-state index contributed by atoms with van der Waals surface area (Å²) < 4.78 is 6.42. The highest BCUT2D eigenvalue weighted by Gasteiger charge is 2.20. The lowest BCUT2D eigenvalue weighted by molar-refractivity contribution is -0.112. The largest absolute Gasteiger partial charge is 0.349 e. The summed E-state index contributed by atoms with van der Waals surface area (Å²) in [5.74, 6) is 2.93. The molecule has 4 rings (SSSR count). The van der Waals surface area contributed by atoms with Crippen molar-refractivity contribution in [3.05, 3.63) is 82.9 Å². The Morgan fingerprint density at radius 1 is 0.680 bits per heavy atom. The number of hydrogen-bond donors (Lipinski definition) is 7. The van der Waals surface area contributed by atoms with Crippen LogP contribution in [0.3, 0.4) is 0 Å². The predicted octanol–water partition coefficient (Wildman–Crippen LogP) is 2.33. The molecule has 19 heteroatoms. The first-order valence-electron chi connectivity index (χ1n) is 14.7. The summed E-state index contributed by atoms with van der Waals surface area (Å²) in [6, 6.07) is 6.12. The Labute approximate surface area is 301 Å². The smallest absolute Gasteiger partial charge is 0.272 e. The molecule has 0 aliphatic heterocycles. The second kappa shape index (κ2) is 17.2. The van der Waals surface area contributed by atoms with Crippen molar-refractivity contribution in [1.29, 1.82) is 0 Å². The van der Waals surface area contributed by atoms with Crippen LogP contribution in [0.15, 0.2) is 65.2 Å². The molecular formula is C31H38BrClN12O5. The molecule has 0 fully saturated rings. The van der Waals surface area contributed by atoms with Crippen LogP contribution < -0.4 is 37.7 Å². The van der Waals surface area contributed by atoms with Gasteiger partial charge in [0.1, 0.15) is 22.8 Å². The van der Waals surface area contributed by atoms with Gasteiger partial charge in [-0.25, -0.2) is 0 Å². The fourth-order valence-corrected chi connectivity index (χ4v) is 4.89. The summed E-state index contributed by atoms with van der Waals surface area (Å²) in [5.41, 5.74) is 2.70. The molecule has 0 unspecified atom stereocenters. The number of hydrogen-bond acceptors (Lipinski definition) is 8. The number of nitrogens with zero attached hydrogens (tertiary/aromatic N) is 5. The zero-order valence-corrected chi connectivity index (χ0v) is 30.1. The normalized spacial score (nSPS) is 10.7. The van der Waals surface area contributed by atoms with E-state index in [1.54, 1.807) is 77.3 Å². The van der Waals surface area contributed by atoms with Crippen molar-refractivity contribution in [1.82, 2.24) is 28.9 Å². The van der Waals surface area contributed by atoms with Crippen molar-refractivity contribution in [2.75, 3.05) is 40.9 Å². The van der Waals surface area contributed by atoms with Gasteiger partial charge in [-0.1, -0.05) is 6.58 Å². The third kappa shape index (κ3) is 9.74. The van der Waals surface area contributed by atoms with E-state index < -0.39 is 23.6 Å². The zero-order valence-electron chi connectivity index (χ0n) is 27.7. The molecule has 0 aliphatic rings. The van der Waals surface area contributed by atoms with E-state index in [-0.39, 0.29) is 39.9 Å². The molecule has 17 nitrogen and oxygen atoms in total. The van der Waals surface area contributed by atoms with E-state index >= 15 is 0 Å². The van der Waals surface area contributed by atoms with Crippen LogP contribution in [0.25, 0.3) is 0 Å². The SMILES string of the molecule is C=C(Br)C(=O)Nc1cc(C(=O)Nc2cc(C(=O)Nc3cc(C(=O)Nc4cc(C(=O)NCCNCC=NN)n(C)c4)n(C)c3)n(C)c2)n(C)c1.Cl. The summed E-state index contributed by atoms with van der Waals surface area (Å²) in [6.07, 6.45) is 7.89. The number of aromatic nitrogens is 4. The molecule has 0 aliphatic carbocycles. The molecule has 0 bridgehead atoms. The molecule has 0 atom stereocenters. The molecule has 0 saturated heterocycles. The Morgan fingerprint density at radius 2 is 1.04 bits per heavy atom. The highest BCUT2D eigenvalue weighted by molar-refractivity contribution is 9.12. The number of aryl methyl sites for hydroxylation is 4. The lowest BCUT2D eigenvalue weighted by Gasteiger charge is -2.06. The molecule has 5 amide bonds. The maximum Gasteiger partial charge on any atom is 0.272 e. The van der Waals surface area contributed by atoms with Crippen LogP contribution in [0.4, 0.5) is 22.7 Å². The summed E-state index contributed by atoms with van der Waals surface area (Å²) >= 11 is 3.01. The quantitative estimate of drug-likeness (QED) is 0.0334. The fourth-order valence-electron chi connectivity index (χ4n) is 4.79. The van der Waals surface area contributed by atoms with Crippen molar-refractivity contribution < 1.29 is 24.0 Å². The molecule has 0 aromatic carbocycles. The lowest BCUT2D eigenvalue weighted by Crippen LogP contribution is -2.33. The van der Waals surface area contributed by atoms with Gasteiger partial charge in [-0.2, -0.15) is 5.10 Å². The zero-order chi connectivity index (χ0) is 35.8. The molecule has 50 heavy (non-hydrogen) atoms. The van der Waals surface area contributed by atoms with E-state index in [2.05, 4.69) is 59.5 Å². The van der Waals surface area contributed by atoms with Crippen molar-refractivity contribution in [3.8, 4) is 0 Å². The van der Waals surface area contributed by atoms with Crippen LogP contribution in [-0.4, -0.2) is 73.7 Å². The maximum absolute atomic E-state index is 13.2. The molecule has 0 saturated carbocycles. The monoisotopic (exact) mass is 772 g/mol. The Hall–Kier alpha value is -5.59. The molecule has 266 valence electrons. The minimum Gasteiger partial charge on any atom is -0.349 e. The average Bonchev–Trinajstić information content (AvgIpc) is 3.79. The van der Waals surface area contributed by atoms with Gasteiger partial charge in [-0.05, 0) is 40.2 Å². The minimum absolute atomic E-state index is 0. The summed E-state index contributed by atoms with van der Waals surface area (Å²) in [7, 11) is 6.67. The van der Waals surface area contributed by atoms with Crippen LogP contribution in [-0.2, 0) is 33.0 Å². The van der Waals surface area contributed by atoms with E-state index in [0.29, 0.717) is 48.1 Å². The summed E-state index contributed by atoms with van der Waals surface area (Å²) in [4.78, 5) is 63.8. The maximum atomic E-state index is 13.2. The Morgan fingerprint density at radius 3 is 1.40 bits per heavy atom. The predicted molar refractivity (Wildman–Crippen MR) is 197 cm³/mol. The van der Waals surface area contributed by atoms with Gasteiger partial charge in [0.25, 0.3) is 29.5 Å². The molecule has 0 radical (unpaired) electrons. The number of carbonyl (C=O) groups excluding carboxylic acids is 5.